The van der Waals surface area contributed by atoms with Gasteiger partial charge >= 0.3 is 5.97 Å². The fraction of sp³-hybridized carbons (Fsp3) is 0.385. The number of carbonyl (C=O) groups is 1. The Morgan fingerprint density at radius 3 is 2.75 bits per heavy atom. The van der Waals surface area contributed by atoms with E-state index in [1.165, 1.54) is 17.3 Å². The monoisotopic (exact) mass is 292 g/mol. The largest absolute Gasteiger partial charge is 0.481 e. The van der Waals surface area contributed by atoms with Gasteiger partial charge in [0.15, 0.2) is 5.82 Å². The summed E-state index contributed by atoms with van der Waals surface area (Å²) in [5.74, 6) is 1.09. The second-order valence-corrected chi connectivity index (χ2v) is 5.33. The molecule has 0 atom stereocenters. The third-order valence-corrected chi connectivity index (χ3v) is 3.77. The van der Waals surface area contributed by atoms with Gasteiger partial charge in [0.2, 0.25) is 0 Å². The first-order valence-corrected chi connectivity index (χ1v) is 7.52. The van der Waals surface area contributed by atoms with E-state index in [-0.39, 0.29) is 6.42 Å². The number of aliphatic carboxylic acids is 1. The highest BCUT2D eigenvalue weighted by atomic mass is 32.2. The number of carboxylic acid groups (broad SMARTS) is 1. The molecule has 1 N–H and O–H groups in total. The SMILES string of the molecule is CCc1ccc(-n2nnnc2CSCCC(=O)O)cc1. The summed E-state index contributed by atoms with van der Waals surface area (Å²) in [6.07, 6.45) is 1.14. The predicted molar refractivity (Wildman–Crippen MR) is 76.9 cm³/mol. The molecule has 0 aliphatic rings. The van der Waals surface area contributed by atoms with Crippen LogP contribution in [0.1, 0.15) is 24.7 Å². The molecule has 1 heterocycles. The minimum Gasteiger partial charge on any atom is -0.481 e. The molecule has 2 aromatic rings. The Bertz CT molecular complexity index is 568. The Balaban J connectivity index is 2.01. The van der Waals surface area contributed by atoms with E-state index < -0.39 is 5.97 Å². The molecule has 106 valence electrons. The normalized spacial score (nSPS) is 10.7. The molecule has 0 spiro atoms. The van der Waals surface area contributed by atoms with Gasteiger partial charge in [-0.15, -0.1) is 5.10 Å². The molecule has 0 aliphatic carbocycles. The second kappa shape index (κ2) is 7.04. The molecule has 0 radical (unpaired) electrons. The summed E-state index contributed by atoms with van der Waals surface area (Å²) in [6.45, 7) is 2.11. The van der Waals surface area contributed by atoms with Crippen molar-refractivity contribution in [2.45, 2.75) is 25.5 Å². The lowest BCUT2D eigenvalue weighted by atomic mass is 10.1. The summed E-state index contributed by atoms with van der Waals surface area (Å²) in [5.41, 5.74) is 2.18. The lowest BCUT2D eigenvalue weighted by molar-refractivity contribution is -0.136. The van der Waals surface area contributed by atoms with Crippen molar-refractivity contribution in [1.29, 1.82) is 0 Å². The zero-order chi connectivity index (χ0) is 14.4. The van der Waals surface area contributed by atoms with Crippen molar-refractivity contribution in [3.8, 4) is 5.69 Å². The summed E-state index contributed by atoms with van der Waals surface area (Å²) < 4.78 is 1.69. The summed E-state index contributed by atoms with van der Waals surface area (Å²) >= 11 is 1.51. The minimum absolute atomic E-state index is 0.150. The third-order valence-electron chi connectivity index (χ3n) is 2.81. The van der Waals surface area contributed by atoms with Crippen LogP contribution in [0.4, 0.5) is 0 Å². The highest BCUT2D eigenvalue weighted by Gasteiger charge is 2.08. The van der Waals surface area contributed by atoms with E-state index in [1.54, 1.807) is 4.68 Å². The van der Waals surface area contributed by atoms with Gasteiger partial charge in [0.05, 0.1) is 17.9 Å². The first-order valence-electron chi connectivity index (χ1n) is 6.37. The summed E-state index contributed by atoms with van der Waals surface area (Å²) in [4.78, 5) is 10.5. The van der Waals surface area contributed by atoms with Gasteiger partial charge in [-0.3, -0.25) is 4.79 Å². The van der Waals surface area contributed by atoms with Crippen LogP contribution in [0.25, 0.3) is 5.69 Å². The molecule has 0 unspecified atom stereocenters. The van der Waals surface area contributed by atoms with Crippen LogP contribution in [0.2, 0.25) is 0 Å². The molecule has 20 heavy (non-hydrogen) atoms. The maximum atomic E-state index is 10.5. The molecular weight excluding hydrogens is 276 g/mol. The summed E-state index contributed by atoms with van der Waals surface area (Å²) in [7, 11) is 0. The van der Waals surface area contributed by atoms with Crippen molar-refractivity contribution in [1.82, 2.24) is 20.2 Å². The van der Waals surface area contributed by atoms with Gasteiger partial charge in [-0.05, 0) is 34.5 Å². The minimum atomic E-state index is -0.785. The van der Waals surface area contributed by atoms with Crippen molar-refractivity contribution in [3.05, 3.63) is 35.7 Å². The van der Waals surface area contributed by atoms with Crippen LogP contribution in [-0.4, -0.2) is 37.0 Å². The van der Waals surface area contributed by atoms with Gasteiger partial charge in [0.25, 0.3) is 0 Å². The second-order valence-electron chi connectivity index (χ2n) is 4.22. The molecule has 0 bridgehead atoms. The number of thioether (sulfide) groups is 1. The highest BCUT2D eigenvalue weighted by Crippen LogP contribution is 2.15. The smallest absolute Gasteiger partial charge is 0.304 e. The van der Waals surface area contributed by atoms with Gasteiger partial charge in [0.1, 0.15) is 0 Å². The van der Waals surface area contributed by atoms with Crippen LogP contribution in [-0.2, 0) is 17.0 Å². The van der Waals surface area contributed by atoms with E-state index in [0.717, 1.165) is 17.9 Å². The molecule has 2 rings (SSSR count). The molecule has 0 saturated carbocycles. The predicted octanol–water partition coefficient (Wildman–Crippen LogP) is 1.93. The molecule has 1 aromatic heterocycles. The van der Waals surface area contributed by atoms with Gasteiger partial charge in [0, 0.05) is 5.75 Å². The lowest BCUT2D eigenvalue weighted by Gasteiger charge is -2.05. The van der Waals surface area contributed by atoms with E-state index in [1.807, 2.05) is 12.1 Å². The number of hydrogen-bond acceptors (Lipinski definition) is 5. The van der Waals surface area contributed by atoms with Gasteiger partial charge in [-0.1, -0.05) is 19.1 Å². The van der Waals surface area contributed by atoms with E-state index in [9.17, 15) is 4.79 Å². The van der Waals surface area contributed by atoms with Gasteiger partial charge < -0.3 is 5.11 Å². The number of rotatable bonds is 7. The third kappa shape index (κ3) is 3.80. The Morgan fingerprint density at radius 1 is 1.35 bits per heavy atom. The Labute approximate surface area is 121 Å². The molecule has 6 nitrogen and oxygen atoms in total. The van der Waals surface area contributed by atoms with Crippen LogP contribution in [0.5, 0.6) is 0 Å². The maximum Gasteiger partial charge on any atom is 0.304 e. The number of nitrogens with zero attached hydrogens (tertiary/aromatic N) is 4. The van der Waals surface area contributed by atoms with Crippen LogP contribution < -0.4 is 0 Å². The summed E-state index contributed by atoms with van der Waals surface area (Å²) in [6, 6.07) is 8.08. The average molecular weight is 292 g/mol. The van der Waals surface area contributed by atoms with Crippen LogP contribution >= 0.6 is 11.8 Å². The number of benzene rings is 1. The maximum absolute atomic E-state index is 10.5. The number of carboxylic acids is 1. The molecular formula is C13H16N4O2S. The van der Waals surface area contributed by atoms with Crippen molar-refractivity contribution in [2.75, 3.05) is 5.75 Å². The molecule has 0 aliphatic heterocycles. The fourth-order valence-electron chi connectivity index (χ4n) is 1.69. The van der Waals surface area contributed by atoms with Crippen molar-refractivity contribution in [2.24, 2.45) is 0 Å². The molecule has 1 aromatic carbocycles. The number of aromatic nitrogens is 4. The highest BCUT2D eigenvalue weighted by molar-refractivity contribution is 7.98. The average Bonchev–Trinajstić information content (AvgIpc) is 2.92. The number of hydrogen-bond donors (Lipinski definition) is 1. The first-order chi connectivity index (χ1) is 9.70. The van der Waals surface area contributed by atoms with Gasteiger partial charge in [-0.2, -0.15) is 16.4 Å². The van der Waals surface area contributed by atoms with Crippen molar-refractivity contribution < 1.29 is 9.90 Å². The van der Waals surface area contributed by atoms with Crippen molar-refractivity contribution >= 4 is 17.7 Å². The fourth-order valence-corrected chi connectivity index (χ4v) is 2.52. The van der Waals surface area contributed by atoms with Crippen LogP contribution in [0, 0.1) is 0 Å². The van der Waals surface area contributed by atoms with Gasteiger partial charge in [-0.25, -0.2) is 0 Å². The van der Waals surface area contributed by atoms with Crippen molar-refractivity contribution in [3.63, 3.8) is 0 Å². The summed E-state index contributed by atoms with van der Waals surface area (Å²) in [5, 5.41) is 20.2. The van der Waals surface area contributed by atoms with E-state index >= 15 is 0 Å². The Hall–Kier alpha value is -1.89. The molecule has 0 saturated heterocycles. The first kappa shape index (κ1) is 14.5. The lowest BCUT2D eigenvalue weighted by Crippen LogP contribution is -2.03. The van der Waals surface area contributed by atoms with Crippen LogP contribution in [0.15, 0.2) is 24.3 Å². The zero-order valence-electron chi connectivity index (χ0n) is 11.2. The Morgan fingerprint density at radius 2 is 2.10 bits per heavy atom. The standard InChI is InChI=1S/C13H16N4O2S/c1-2-10-3-5-11(6-4-10)17-12(14-15-16-17)9-20-8-7-13(18)19/h3-6H,2,7-9H2,1H3,(H,18,19). The zero-order valence-corrected chi connectivity index (χ0v) is 12.0. The van der Waals surface area contributed by atoms with Crippen LogP contribution in [0.3, 0.4) is 0 Å². The van der Waals surface area contributed by atoms with E-state index in [4.69, 9.17) is 5.11 Å². The molecule has 7 heteroatoms. The van der Waals surface area contributed by atoms with E-state index in [2.05, 4.69) is 34.6 Å². The number of tetrazole rings is 1. The Kier molecular flexibility index (Phi) is 5.11. The molecule has 0 fully saturated rings. The quantitative estimate of drug-likeness (QED) is 0.785. The van der Waals surface area contributed by atoms with E-state index in [0.29, 0.717) is 11.5 Å². The molecule has 0 amide bonds. The topological polar surface area (TPSA) is 80.9 Å². The number of aryl methyl sites for hydroxylation is 1.